The fourth-order valence-corrected chi connectivity index (χ4v) is 2.91. The van der Waals surface area contributed by atoms with Gasteiger partial charge in [0.1, 0.15) is 5.82 Å². The standard InChI is InChI=1S/C16H23FN2O/c1-2-11-6-8-12(9-7-11)10-19-16(20)13-4-3-5-14(17)15(13)18/h3-5,11-12H,2,6-10,18H2,1H3,(H,19,20). The van der Waals surface area contributed by atoms with Crippen molar-refractivity contribution in [2.24, 2.45) is 11.8 Å². The summed E-state index contributed by atoms with van der Waals surface area (Å²) < 4.78 is 13.3. The highest BCUT2D eigenvalue weighted by molar-refractivity contribution is 5.99. The zero-order chi connectivity index (χ0) is 14.5. The molecule has 0 bridgehead atoms. The summed E-state index contributed by atoms with van der Waals surface area (Å²) in [5.74, 6) is 0.568. The van der Waals surface area contributed by atoms with E-state index in [1.54, 1.807) is 6.07 Å². The quantitative estimate of drug-likeness (QED) is 0.830. The monoisotopic (exact) mass is 278 g/mol. The molecule has 1 amide bonds. The predicted octanol–water partition coefficient (Wildman–Crippen LogP) is 3.35. The van der Waals surface area contributed by atoms with E-state index in [1.807, 2.05) is 0 Å². The Morgan fingerprint density at radius 1 is 1.30 bits per heavy atom. The summed E-state index contributed by atoms with van der Waals surface area (Å²) in [6.45, 7) is 2.89. The minimum Gasteiger partial charge on any atom is -0.396 e. The van der Waals surface area contributed by atoms with Crippen molar-refractivity contribution in [1.29, 1.82) is 0 Å². The van der Waals surface area contributed by atoms with E-state index >= 15 is 0 Å². The van der Waals surface area contributed by atoms with E-state index in [-0.39, 0.29) is 17.2 Å². The number of nitrogens with two attached hydrogens (primary N) is 1. The second-order valence-corrected chi connectivity index (χ2v) is 5.71. The van der Waals surface area contributed by atoms with E-state index in [4.69, 9.17) is 5.73 Å². The van der Waals surface area contributed by atoms with Gasteiger partial charge in [-0.3, -0.25) is 4.79 Å². The highest BCUT2D eigenvalue weighted by Crippen LogP contribution is 2.30. The average molecular weight is 278 g/mol. The largest absolute Gasteiger partial charge is 0.396 e. The smallest absolute Gasteiger partial charge is 0.253 e. The van der Waals surface area contributed by atoms with Gasteiger partial charge >= 0.3 is 0 Å². The van der Waals surface area contributed by atoms with Crippen molar-refractivity contribution in [2.75, 3.05) is 12.3 Å². The van der Waals surface area contributed by atoms with Crippen LogP contribution in [0, 0.1) is 17.7 Å². The Morgan fingerprint density at radius 3 is 2.60 bits per heavy atom. The molecule has 3 N–H and O–H groups in total. The van der Waals surface area contributed by atoms with E-state index in [2.05, 4.69) is 12.2 Å². The lowest BCUT2D eigenvalue weighted by atomic mass is 9.81. The highest BCUT2D eigenvalue weighted by Gasteiger charge is 2.21. The topological polar surface area (TPSA) is 55.1 Å². The molecule has 0 spiro atoms. The first kappa shape index (κ1) is 14.8. The summed E-state index contributed by atoms with van der Waals surface area (Å²) in [6, 6.07) is 4.33. The number of rotatable bonds is 4. The van der Waals surface area contributed by atoms with E-state index in [0.29, 0.717) is 12.5 Å². The van der Waals surface area contributed by atoms with Crippen LogP contribution >= 0.6 is 0 Å². The SMILES string of the molecule is CCC1CCC(CNC(=O)c2cccc(F)c2N)CC1. The van der Waals surface area contributed by atoms with E-state index < -0.39 is 5.82 Å². The van der Waals surface area contributed by atoms with Gasteiger partial charge in [0.25, 0.3) is 5.91 Å². The zero-order valence-electron chi connectivity index (χ0n) is 12.0. The molecule has 110 valence electrons. The average Bonchev–Trinajstić information content (AvgIpc) is 2.48. The van der Waals surface area contributed by atoms with Crippen molar-refractivity contribution in [3.63, 3.8) is 0 Å². The third kappa shape index (κ3) is 3.50. The van der Waals surface area contributed by atoms with Gasteiger partial charge in [0.05, 0.1) is 11.3 Å². The van der Waals surface area contributed by atoms with Crippen LogP contribution in [0.2, 0.25) is 0 Å². The Bertz CT molecular complexity index is 468. The number of hydrogen-bond acceptors (Lipinski definition) is 2. The Kier molecular flexibility index (Phi) is 4.99. The van der Waals surface area contributed by atoms with E-state index in [0.717, 1.165) is 18.8 Å². The summed E-state index contributed by atoms with van der Waals surface area (Å²) in [7, 11) is 0. The first-order chi connectivity index (χ1) is 9.61. The molecular weight excluding hydrogens is 255 g/mol. The van der Waals surface area contributed by atoms with Crippen molar-refractivity contribution < 1.29 is 9.18 Å². The third-order valence-electron chi connectivity index (χ3n) is 4.39. The minimum atomic E-state index is -0.541. The van der Waals surface area contributed by atoms with Crippen LogP contribution in [-0.4, -0.2) is 12.5 Å². The van der Waals surface area contributed by atoms with Crippen molar-refractivity contribution in [2.45, 2.75) is 39.0 Å². The molecule has 0 unspecified atom stereocenters. The number of carbonyl (C=O) groups excluding carboxylic acids is 1. The number of hydrogen-bond donors (Lipinski definition) is 2. The Labute approximate surface area is 119 Å². The Hall–Kier alpha value is -1.58. The second kappa shape index (κ2) is 6.73. The number of nitrogen functional groups attached to an aromatic ring is 1. The van der Waals surface area contributed by atoms with Crippen LogP contribution in [0.25, 0.3) is 0 Å². The van der Waals surface area contributed by atoms with Crippen LogP contribution in [0.5, 0.6) is 0 Å². The molecule has 1 aliphatic rings. The lowest BCUT2D eigenvalue weighted by Crippen LogP contribution is -2.31. The van der Waals surface area contributed by atoms with Crippen molar-refractivity contribution in [3.8, 4) is 0 Å². The van der Waals surface area contributed by atoms with Crippen LogP contribution in [0.3, 0.4) is 0 Å². The molecule has 0 radical (unpaired) electrons. The van der Waals surface area contributed by atoms with Crippen molar-refractivity contribution in [1.82, 2.24) is 5.32 Å². The summed E-state index contributed by atoms with van der Waals surface area (Å²) in [6.07, 6.45) is 6.08. The molecule has 0 aliphatic heterocycles. The van der Waals surface area contributed by atoms with E-state index in [1.165, 1.54) is 31.4 Å². The van der Waals surface area contributed by atoms with Gasteiger partial charge in [-0.2, -0.15) is 0 Å². The number of anilines is 1. The van der Waals surface area contributed by atoms with Crippen LogP contribution < -0.4 is 11.1 Å². The molecule has 4 heteroatoms. The molecule has 0 heterocycles. The molecular formula is C16H23FN2O. The number of para-hydroxylation sites is 1. The van der Waals surface area contributed by atoms with Gasteiger partial charge in [-0.25, -0.2) is 4.39 Å². The molecule has 0 atom stereocenters. The molecule has 1 saturated carbocycles. The zero-order valence-corrected chi connectivity index (χ0v) is 12.0. The van der Waals surface area contributed by atoms with Crippen LogP contribution in [0.4, 0.5) is 10.1 Å². The van der Waals surface area contributed by atoms with Crippen LogP contribution in [0.15, 0.2) is 18.2 Å². The van der Waals surface area contributed by atoms with Gasteiger partial charge in [-0.05, 0) is 36.8 Å². The maximum atomic E-state index is 13.3. The fourth-order valence-electron chi connectivity index (χ4n) is 2.91. The molecule has 20 heavy (non-hydrogen) atoms. The molecule has 0 aromatic heterocycles. The highest BCUT2D eigenvalue weighted by atomic mass is 19.1. The number of benzene rings is 1. The molecule has 1 aromatic carbocycles. The van der Waals surface area contributed by atoms with Gasteiger partial charge in [-0.15, -0.1) is 0 Å². The fraction of sp³-hybridized carbons (Fsp3) is 0.562. The maximum absolute atomic E-state index is 13.3. The molecule has 1 aliphatic carbocycles. The maximum Gasteiger partial charge on any atom is 0.253 e. The van der Waals surface area contributed by atoms with Gasteiger partial charge in [-0.1, -0.05) is 32.3 Å². The van der Waals surface area contributed by atoms with E-state index in [9.17, 15) is 9.18 Å². The Balaban J connectivity index is 1.85. The third-order valence-corrected chi connectivity index (χ3v) is 4.39. The van der Waals surface area contributed by atoms with Gasteiger partial charge in [0.15, 0.2) is 0 Å². The molecule has 1 fully saturated rings. The number of amides is 1. The summed E-state index contributed by atoms with van der Waals surface area (Å²) >= 11 is 0. The summed E-state index contributed by atoms with van der Waals surface area (Å²) in [5, 5.41) is 2.88. The lowest BCUT2D eigenvalue weighted by Gasteiger charge is -2.27. The number of halogens is 1. The predicted molar refractivity (Wildman–Crippen MR) is 78.9 cm³/mol. The van der Waals surface area contributed by atoms with Gasteiger partial charge < -0.3 is 11.1 Å². The van der Waals surface area contributed by atoms with Crippen LogP contribution in [-0.2, 0) is 0 Å². The normalized spacial score (nSPS) is 22.5. The summed E-state index contributed by atoms with van der Waals surface area (Å²) in [4.78, 5) is 12.0. The Morgan fingerprint density at radius 2 is 1.95 bits per heavy atom. The first-order valence-electron chi connectivity index (χ1n) is 7.44. The van der Waals surface area contributed by atoms with Crippen molar-refractivity contribution in [3.05, 3.63) is 29.6 Å². The second-order valence-electron chi connectivity index (χ2n) is 5.71. The number of nitrogens with one attached hydrogen (secondary N) is 1. The van der Waals surface area contributed by atoms with Gasteiger partial charge in [0.2, 0.25) is 0 Å². The lowest BCUT2D eigenvalue weighted by molar-refractivity contribution is 0.0941. The number of carbonyl (C=O) groups is 1. The minimum absolute atomic E-state index is 0.0697. The molecule has 0 saturated heterocycles. The molecule has 3 nitrogen and oxygen atoms in total. The van der Waals surface area contributed by atoms with Crippen LogP contribution in [0.1, 0.15) is 49.4 Å². The first-order valence-corrected chi connectivity index (χ1v) is 7.44. The van der Waals surface area contributed by atoms with Crippen molar-refractivity contribution >= 4 is 11.6 Å². The molecule has 2 rings (SSSR count). The van der Waals surface area contributed by atoms with Gasteiger partial charge in [0, 0.05) is 6.54 Å². The summed E-state index contributed by atoms with van der Waals surface area (Å²) in [5.41, 5.74) is 5.75. The molecule has 1 aromatic rings.